The lowest BCUT2D eigenvalue weighted by molar-refractivity contribution is 0.423. The van der Waals surface area contributed by atoms with Crippen molar-refractivity contribution in [2.24, 2.45) is 5.73 Å². The molecule has 4 heteroatoms. The summed E-state index contributed by atoms with van der Waals surface area (Å²) in [6, 6.07) is 18.1. The van der Waals surface area contributed by atoms with Crippen molar-refractivity contribution in [3.63, 3.8) is 0 Å². The minimum atomic E-state index is 0.560. The average Bonchev–Trinajstić information content (AvgIpc) is 2.97. The molecule has 3 rings (SSSR count). The molecule has 1 heterocycles. The highest BCUT2D eigenvalue weighted by Crippen LogP contribution is 2.22. The highest BCUT2D eigenvalue weighted by atomic mass is 16.5. The van der Waals surface area contributed by atoms with E-state index in [-0.39, 0.29) is 0 Å². The summed E-state index contributed by atoms with van der Waals surface area (Å²) in [5, 5.41) is 4.07. The van der Waals surface area contributed by atoms with Crippen molar-refractivity contribution in [1.82, 2.24) is 10.1 Å². The Morgan fingerprint density at radius 1 is 0.952 bits per heavy atom. The topological polar surface area (TPSA) is 64.9 Å². The van der Waals surface area contributed by atoms with Gasteiger partial charge in [0.05, 0.1) is 0 Å². The number of benzene rings is 2. The zero-order chi connectivity index (χ0) is 14.5. The van der Waals surface area contributed by atoms with E-state index in [1.807, 2.05) is 42.5 Å². The van der Waals surface area contributed by atoms with Crippen molar-refractivity contribution in [2.45, 2.75) is 12.8 Å². The molecule has 2 aromatic carbocycles. The van der Waals surface area contributed by atoms with Gasteiger partial charge in [0.15, 0.2) is 5.82 Å². The first-order chi connectivity index (χ1) is 10.4. The van der Waals surface area contributed by atoms with Crippen LogP contribution in [0.15, 0.2) is 59.1 Å². The molecule has 0 aliphatic carbocycles. The fourth-order valence-electron chi connectivity index (χ4n) is 2.32. The highest BCUT2D eigenvalue weighted by molar-refractivity contribution is 5.58. The largest absolute Gasteiger partial charge is 0.334 e. The third kappa shape index (κ3) is 3.17. The Kier molecular flexibility index (Phi) is 4.07. The molecule has 0 radical (unpaired) electrons. The summed E-state index contributed by atoms with van der Waals surface area (Å²) in [7, 11) is 0. The maximum absolute atomic E-state index is 5.65. The van der Waals surface area contributed by atoms with Gasteiger partial charge in [-0.2, -0.15) is 4.98 Å². The lowest BCUT2D eigenvalue weighted by Crippen LogP contribution is -2.03. The molecule has 3 aromatic rings. The molecule has 0 amide bonds. The van der Waals surface area contributed by atoms with Crippen LogP contribution in [0.5, 0.6) is 0 Å². The first-order valence-electron chi connectivity index (χ1n) is 7.01. The SMILES string of the molecule is NCCc1ccccc1-c1nc(Cc2ccccc2)no1. The fraction of sp³-hybridized carbons (Fsp3) is 0.176. The molecule has 2 N–H and O–H groups in total. The lowest BCUT2D eigenvalue weighted by Gasteiger charge is -2.03. The predicted molar refractivity (Wildman–Crippen MR) is 81.7 cm³/mol. The summed E-state index contributed by atoms with van der Waals surface area (Å²) in [6.07, 6.45) is 1.47. The second-order valence-corrected chi connectivity index (χ2v) is 4.87. The predicted octanol–water partition coefficient (Wildman–Crippen LogP) is 2.83. The van der Waals surface area contributed by atoms with Crippen LogP contribution < -0.4 is 5.73 Å². The van der Waals surface area contributed by atoms with Crippen molar-refractivity contribution in [3.8, 4) is 11.5 Å². The minimum Gasteiger partial charge on any atom is -0.334 e. The second kappa shape index (κ2) is 6.33. The molecular weight excluding hydrogens is 262 g/mol. The van der Waals surface area contributed by atoms with Crippen LogP contribution in [0.4, 0.5) is 0 Å². The van der Waals surface area contributed by atoms with E-state index in [0.29, 0.717) is 24.7 Å². The Bertz CT molecular complexity index is 707. The summed E-state index contributed by atoms with van der Waals surface area (Å²) in [6.45, 7) is 0.599. The van der Waals surface area contributed by atoms with Crippen LogP contribution in [0.1, 0.15) is 17.0 Å². The summed E-state index contributed by atoms with van der Waals surface area (Å²) < 4.78 is 5.41. The molecule has 1 aromatic heterocycles. The molecule has 0 aliphatic heterocycles. The zero-order valence-corrected chi connectivity index (χ0v) is 11.7. The Morgan fingerprint density at radius 2 is 1.71 bits per heavy atom. The van der Waals surface area contributed by atoms with Crippen LogP contribution in [-0.4, -0.2) is 16.7 Å². The first kappa shape index (κ1) is 13.5. The van der Waals surface area contributed by atoms with Gasteiger partial charge in [-0.15, -0.1) is 0 Å². The number of nitrogens with zero attached hydrogens (tertiary/aromatic N) is 2. The average molecular weight is 279 g/mol. The van der Waals surface area contributed by atoms with Gasteiger partial charge in [-0.3, -0.25) is 0 Å². The van der Waals surface area contributed by atoms with E-state index in [1.54, 1.807) is 0 Å². The molecule has 0 fully saturated rings. The molecule has 4 nitrogen and oxygen atoms in total. The van der Waals surface area contributed by atoms with Crippen LogP contribution in [-0.2, 0) is 12.8 Å². The number of aromatic nitrogens is 2. The number of rotatable bonds is 5. The maximum Gasteiger partial charge on any atom is 0.258 e. The van der Waals surface area contributed by atoms with Crippen LogP contribution in [0.3, 0.4) is 0 Å². The van der Waals surface area contributed by atoms with Crippen LogP contribution >= 0.6 is 0 Å². The van der Waals surface area contributed by atoms with E-state index in [9.17, 15) is 0 Å². The van der Waals surface area contributed by atoms with Gasteiger partial charge >= 0.3 is 0 Å². The highest BCUT2D eigenvalue weighted by Gasteiger charge is 2.12. The molecule has 0 saturated carbocycles. The summed E-state index contributed by atoms with van der Waals surface area (Å²) in [5.41, 5.74) is 8.92. The fourth-order valence-corrected chi connectivity index (χ4v) is 2.32. The Hall–Kier alpha value is -2.46. The van der Waals surface area contributed by atoms with E-state index in [4.69, 9.17) is 10.3 Å². The van der Waals surface area contributed by atoms with Gasteiger partial charge < -0.3 is 10.3 Å². The third-order valence-corrected chi connectivity index (χ3v) is 3.33. The third-order valence-electron chi connectivity index (χ3n) is 3.33. The van der Waals surface area contributed by atoms with Crippen molar-refractivity contribution >= 4 is 0 Å². The summed E-state index contributed by atoms with van der Waals surface area (Å²) in [5.74, 6) is 1.25. The van der Waals surface area contributed by atoms with Gasteiger partial charge in [-0.05, 0) is 30.2 Å². The first-order valence-corrected chi connectivity index (χ1v) is 7.01. The maximum atomic E-state index is 5.65. The van der Waals surface area contributed by atoms with Gasteiger partial charge in [0, 0.05) is 12.0 Å². The quantitative estimate of drug-likeness (QED) is 0.780. The molecule has 0 spiro atoms. The van der Waals surface area contributed by atoms with Crippen molar-refractivity contribution in [1.29, 1.82) is 0 Å². The molecule has 0 bridgehead atoms. The molecular formula is C17H17N3O. The number of hydrogen-bond acceptors (Lipinski definition) is 4. The van der Waals surface area contributed by atoms with Crippen molar-refractivity contribution < 1.29 is 4.52 Å². The van der Waals surface area contributed by atoms with Gasteiger partial charge in [0.2, 0.25) is 0 Å². The summed E-state index contributed by atoms with van der Waals surface area (Å²) in [4.78, 5) is 4.50. The van der Waals surface area contributed by atoms with Crippen LogP contribution in [0.2, 0.25) is 0 Å². The van der Waals surface area contributed by atoms with Gasteiger partial charge in [-0.25, -0.2) is 0 Å². The molecule has 0 aliphatic rings. The lowest BCUT2D eigenvalue weighted by atomic mass is 10.0. The second-order valence-electron chi connectivity index (χ2n) is 4.87. The van der Waals surface area contributed by atoms with Gasteiger partial charge in [0.1, 0.15) is 0 Å². The van der Waals surface area contributed by atoms with Crippen LogP contribution in [0, 0.1) is 0 Å². The van der Waals surface area contributed by atoms with Crippen molar-refractivity contribution in [3.05, 3.63) is 71.5 Å². The van der Waals surface area contributed by atoms with Crippen LogP contribution in [0.25, 0.3) is 11.5 Å². The molecule has 0 saturated heterocycles. The standard InChI is InChI=1S/C17H17N3O/c18-11-10-14-8-4-5-9-15(14)17-19-16(20-21-17)12-13-6-2-1-3-7-13/h1-9H,10-12,18H2. The monoisotopic (exact) mass is 279 g/mol. The van der Waals surface area contributed by atoms with Crippen molar-refractivity contribution in [2.75, 3.05) is 6.54 Å². The molecule has 0 atom stereocenters. The van der Waals surface area contributed by atoms with E-state index >= 15 is 0 Å². The smallest absolute Gasteiger partial charge is 0.258 e. The van der Waals surface area contributed by atoms with E-state index in [1.165, 1.54) is 5.56 Å². The Morgan fingerprint density at radius 3 is 2.52 bits per heavy atom. The Labute approximate surface area is 123 Å². The van der Waals surface area contributed by atoms with Gasteiger partial charge in [0.25, 0.3) is 5.89 Å². The van der Waals surface area contributed by atoms with E-state index < -0.39 is 0 Å². The summed E-state index contributed by atoms with van der Waals surface area (Å²) >= 11 is 0. The normalized spacial score (nSPS) is 10.7. The molecule has 106 valence electrons. The number of hydrogen-bond donors (Lipinski definition) is 1. The van der Waals surface area contributed by atoms with E-state index in [0.717, 1.165) is 17.5 Å². The minimum absolute atomic E-state index is 0.560. The van der Waals surface area contributed by atoms with Gasteiger partial charge in [-0.1, -0.05) is 53.7 Å². The molecule has 0 unspecified atom stereocenters. The molecule has 21 heavy (non-hydrogen) atoms. The zero-order valence-electron chi connectivity index (χ0n) is 11.7. The Balaban J connectivity index is 1.85. The number of nitrogens with two attached hydrogens (primary N) is 1. The van der Waals surface area contributed by atoms with E-state index in [2.05, 4.69) is 22.3 Å².